The van der Waals surface area contributed by atoms with Gasteiger partial charge in [-0.15, -0.1) is 0 Å². The molecule has 5 heteroatoms. The molecule has 0 aliphatic rings. The number of esters is 2. The molecule has 17 heavy (non-hydrogen) atoms. The molecule has 0 aliphatic carbocycles. The second-order valence-electron chi connectivity index (χ2n) is 4.66. The summed E-state index contributed by atoms with van der Waals surface area (Å²) in [5, 5.41) is 0. The van der Waals surface area contributed by atoms with Gasteiger partial charge in [-0.05, 0) is 26.8 Å². The van der Waals surface area contributed by atoms with E-state index in [9.17, 15) is 9.59 Å². The van der Waals surface area contributed by atoms with Gasteiger partial charge in [0.1, 0.15) is 0 Å². The molecule has 0 saturated heterocycles. The van der Waals surface area contributed by atoms with E-state index in [1.54, 1.807) is 13.8 Å². The van der Waals surface area contributed by atoms with Gasteiger partial charge in [0.05, 0.1) is 26.2 Å². The van der Waals surface area contributed by atoms with Crippen molar-refractivity contribution in [3.05, 3.63) is 0 Å². The van der Waals surface area contributed by atoms with Crippen molar-refractivity contribution in [2.75, 3.05) is 33.9 Å². The van der Waals surface area contributed by atoms with E-state index in [2.05, 4.69) is 4.74 Å². The number of carbonyl (C=O) groups excluding carboxylic acids is 2. The van der Waals surface area contributed by atoms with Gasteiger partial charge >= 0.3 is 11.9 Å². The molecule has 0 heterocycles. The predicted molar refractivity (Wildman–Crippen MR) is 64.5 cm³/mol. The fourth-order valence-electron chi connectivity index (χ4n) is 1.68. The lowest BCUT2D eigenvalue weighted by atomic mass is 9.93. The van der Waals surface area contributed by atoms with Crippen LogP contribution >= 0.6 is 0 Å². The highest BCUT2D eigenvalue weighted by atomic mass is 16.5. The van der Waals surface area contributed by atoms with Gasteiger partial charge < -0.3 is 9.47 Å². The summed E-state index contributed by atoms with van der Waals surface area (Å²) < 4.78 is 9.38. The van der Waals surface area contributed by atoms with Gasteiger partial charge in [0.25, 0.3) is 0 Å². The van der Waals surface area contributed by atoms with Crippen LogP contribution < -0.4 is 0 Å². The maximum Gasteiger partial charge on any atom is 0.319 e. The Bertz CT molecular complexity index is 263. The first-order valence-corrected chi connectivity index (χ1v) is 5.75. The zero-order valence-electron chi connectivity index (χ0n) is 11.4. The third-order valence-electron chi connectivity index (χ3n) is 2.48. The Morgan fingerprint density at radius 2 is 1.76 bits per heavy atom. The average Bonchev–Trinajstić information content (AvgIpc) is 2.27. The van der Waals surface area contributed by atoms with Crippen molar-refractivity contribution in [3.63, 3.8) is 0 Å². The molecule has 0 bridgehead atoms. The van der Waals surface area contributed by atoms with E-state index in [0.29, 0.717) is 6.54 Å². The summed E-state index contributed by atoms with van der Waals surface area (Å²) >= 11 is 0. The van der Waals surface area contributed by atoms with Crippen molar-refractivity contribution >= 4 is 11.9 Å². The maximum absolute atomic E-state index is 11.6. The lowest BCUT2D eigenvalue weighted by Gasteiger charge is -2.29. The molecule has 0 aromatic rings. The van der Waals surface area contributed by atoms with Crippen LogP contribution in [0.2, 0.25) is 0 Å². The van der Waals surface area contributed by atoms with Gasteiger partial charge in [-0.2, -0.15) is 0 Å². The van der Waals surface area contributed by atoms with Gasteiger partial charge in [0, 0.05) is 6.54 Å². The van der Waals surface area contributed by atoms with Crippen molar-refractivity contribution in [1.29, 1.82) is 0 Å². The fraction of sp³-hybridized carbons (Fsp3) is 0.833. The van der Waals surface area contributed by atoms with E-state index in [-0.39, 0.29) is 18.5 Å². The summed E-state index contributed by atoms with van der Waals surface area (Å²) in [7, 11) is 2.73. The number of hydrogen-bond donors (Lipinski definition) is 0. The summed E-state index contributed by atoms with van der Waals surface area (Å²) in [4.78, 5) is 24.7. The van der Waals surface area contributed by atoms with Crippen molar-refractivity contribution in [2.24, 2.45) is 5.41 Å². The van der Waals surface area contributed by atoms with Crippen LogP contribution in [0.3, 0.4) is 0 Å². The molecule has 0 aromatic heterocycles. The lowest BCUT2D eigenvalue weighted by molar-refractivity contribution is -0.153. The molecule has 0 aromatic carbocycles. The van der Waals surface area contributed by atoms with Gasteiger partial charge in [0.2, 0.25) is 0 Å². The van der Waals surface area contributed by atoms with E-state index in [0.717, 1.165) is 13.0 Å². The van der Waals surface area contributed by atoms with E-state index in [1.807, 2.05) is 11.8 Å². The minimum Gasteiger partial charge on any atom is -0.469 e. The van der Waals surface area contributed by atoms with Crippen LogP contribution in [0.4, 0.5) is 0 Å². The molecule has 0 radical (unpaired) electrons. The first kappa shape index (κ1) is 15.9. The van der Waals surface area contributed by atoms with Crippen LogP contribution in [-0.2, 0) is 19.1 Å². The zero-order valence-corrected chi connectivity index (χ0v) is 11.4. The van der Waals surface area contributed by atoms with Crippen LogP contribution in [0.25, 0.3) is 0 Å². The van der Waals surface area contributed by atoms with Crippen LogP contribution in [-0.4, -0.2) is 50.7 Å². The minimum atomic E-state index is -0.627. The number of ether oxygens (including phenoxy) is 2. The number of carbonyl (C=O) groups is 2. The Hall–Kier alpha value is -1.10. The Kier molecular flexibility index (Phi) is 6.80. The highest BCUT2D eigenvalue weighted by molar-refractivity contribution is 5.76. The first-order chi connectivity index (χ1) is 7.87. The lowest BCUT2D eigenvalue weighted by Crippen LogP contribution is -2.42. The monoisotopic (exact) mass is 245 g/mol. The smallest absolute Gasteiger partial charge is 0.319 e. The molecule has 100 valence electrons. The fourth-order valence-corrected chi connectivity index (χ4v) is 1.68. The molecule has 0 aliphatic heterocycles. The Balaban J connectivity index is 4.52. The molecule has 0 saturated carbocycles. The minimum absolute atomic E-state index is 0.199. The Morgan fingerprint density at radius 1 is 1.18 bits per heavy atom. The summed E-state index contributed by atoms with van der Waals surface area (Å²) in [6.45, 7) is 7.05. The third-order valence-corrected chi connectivity index (χ3v) is 2.48. The molecular weight excluding hydrogens is 222 g/mol. The van der Waals surface area contributed by atoms with Crippen LogP contribution in [0.1, 0.15) is 27.2 Å². The summed E-state index contributed by atoms with van der Waals surface area (Å²) in [5.74, 6) is -0.567. The second-order valence-corrected chi connectivity index (χ2v) is 4.66. The SMILES string of the molecule is CCCN(CC(=O)OC)CC(C)(C)C(=O)OC. The van der Waals surface area contributed by atoms with Crippen molar-refractivity contribution < 1.29 is 19.1 Å². The zero-order chi connectivity index (χ0) is 13.5. The summed E-state index contributed by atoms with van der Waals surface area (Å²) in [6, 6.07) is 0. The van der Waals surface area contributed by atoms with Crippen molar-refractivity contribution in [2.45, 2.75) is 27.2 Å². The normalized spacial score (nSPS) is 11.4. The van der Waals surface area contributed by atoms with Crippen LogP contribution in [0.15, 0.2) is 0 Å². The molecule has 0 fully saturated rings. The predicted octanol–water partition coefficient (Wildman–Crippen LogP) is 1.07. The van der Waals surface area contributed by atoms with E-state index in [4.69, 9.17) is 4.74 Å². The standard InChI is InChI=1S/C12H23NO4/c1-6-7-13(8-10(14)16-4)9-12(2,3)11(15)17-5/h6-9H2,1-5H3. The molecule has 0 N–H and O–H groups in total. The largest absolute Gasteiger partial charge is 0.469 e. The maximum atomic E-state index is 11.6. The molecule has 0 rings (SSSR count). The van der Waals surface area contributed by atoms with Crippen molar-refractivity contribution in [1.82, 2.24) is 4.90 Å². The second kappa shape index (κ2) is 7.27. The average molecular weight is 245 g/mol. The van der Waals surface area contributed by atoms with Crippen LogP contribution in [0, 0.1) is 5.41 Å². The number of rotatable bonds is 7. The highest BCUT2D eigenvalue weighted by Crippen LogP contribution is 2.19. The topological polar surface area (TPSA) is 55.8 Å². The highest BCUT2D eigenvalue weighted by Gasteiger charge is 2.31. The third kappa shape index (κ3) is 5.68. The van der Waals surface area contributed by atoms with Gasteiger partial charge in [-0.3, -0.25) is 14.5 Å². The van der Waals surface area contributed by atoms with Crippen LogP contribution in [0.5, 0.6) is 0 Å². The molecule has 0 unspecified atom stereocenters. The van der Waals surface area contributed by atoms with Crippen molar-refractivity contribution in [3.8, 4) is 0 Å². The van der Waals surface area contributed by atoms with Gasteiger partial charge in [0.15, 0.2) is 0 Å². The number of methoxy groups -OCH3 is 2. The molecule has 0 spiro atoms. The Morgan fingerprint density at radius 3 is 2.18 bits per heavy atom. The summed E-state index contributed by atoms with van der Waals surface area (Å²) in [6.07, 6.45) is 0.911. The molecule has 0 atom stereocenters. The first-order valence-electron chi connectivity index (χ1n) is 5.75. The molecular formula is C12H23NO4. The number of nitrogens with zero attached hydrogens (tertiary/aromatic N) is 1. The molecule has 5 nitrogen and oxygen atoms in total. The Labute approximate surface area is 103 Å². The van der Waals surface area contributed by atoms with E-state index >= 15 is 0 Å². The van der Waals surface area contributed by atoms with Gasteiger partial charge in [-0.1, -0.05) is 6.92 Å². The quantitative estimate of drug-likeness (QED) is 0.628. The van der Waals surface area contributed by atoms with E-state index < -0.39 is 5.41 Å². The van der Waals surface area contributed by atoms with Gasteiger partial charge in [-0.25, -0.2) is 0 Å². The number of hydrogen-bond acceptors (Lipinski definition) is 5. The summed E-state index contributed by atoms with van der Waals surface area (Å²) in [5.41, 5.74) is -0.627. The molecule has 0 amide bonds. The van der Waals surface area contributed by atoms with E-state index in [1.165, 1.54) is 14.2 Å².